The lowest BCUT2D eigenvalue weighted by molar-refractivity contribution is -0.116. The van der Waals surface area contributed by atoms with E-state index in [2.05, 4.69) is 26.9 Å². The van der Waals surface area contributed by atoms with Crippen molar-refractivity contribution < 1.29 is 9.53 Å². The number of carbonyl (C=O) groups is 1. The van der Waals surface area contributed by atoms with E-state index in [1.54, 1.807) is 0 Å². The van der Waals surface area contributed by atoms with Crippen LogP contribution in [-0.2, 0) is 4.79 Å². The molecule has 0 saturated carbocycles. The Morgan fingerprint density at radius 2 is 1.94 bits per heavy atom. The molecule has 35 heavy (non-hydrogen) atoms. The first-order valence-electron chi connectivity index (χ1n) is 12.0. The molecule has 1 aliphatic rings. The second-order valence-electron chi connectivity index (χ2n) is 8.53. The molecule has 3 N–H and O–H groups in total. The average molecular weight is 490 g/mol. The molecule has 0 bridgehead atoms. The Labute approximate surface area is 210 Å². The highest BCUT2D eigenvalue weighted by atomic mass is 32.2. The first kappa shape index (κ1) is 24.8. The van der Waals surface area contributed by atoms with Gasteiger partial charge in [-0.25, -0.2) is 9.97 Å². The topological polar surface area (TPSA) is 88.2 Å². The highest BCUT2D eigenvalue weighted by Gasteiger charge is 2.14. The molecule has 1 aliphatic heterocycles. The van der Waals surface area contributed by atoms with E-state index in [4.69, 9.17) is 16.1 Å². The van der Waals surface area contributed by atoms with Gasteiger partial charge in [-0.2, -0.15) is 0 Å². The third-order valence-electron chi connectivity index (χ3n) is 5.78. The Bertz CT molecular complexity index is 1190. The summed E-state index contributed by atoms with van der Waals surface area (Å²) in [6.45, 7) is 4.85. The van der Waals surface area contributed by atoms with Gasteiger partial charge in [-0.05, 0) is 80.7 Å². The summed E-state index contributed by atoms with van der Waals surface area (Å²) in [5.74, 6) is 5.21. The minimum atomic E-state index is -0.0106. The van der Waals surface area contributed by atoms with Crippen molar-refractivity contribution in [1.82, 2.24) is 15.3 Å². The van der Waals surface area contributed by atoms with Gasteiger partial charge in [-0.1, -0.05) is 24.6 Å². The number of terminal acetylenes is 1. The third-order valence-corrected chi connectivity index (χ3v) is 6.53. The highest BCUT2D eigenvalue weighted by Crippen LogP contribution is 2.30. The lowest BCUT2D eigenvalue weighted by Crippen LogP contribution is -2.30. The summed E-state index contributed by atoms with van der Waals surface area (Å²) >= 11 is 1.41. The molecule has 7 nitrogen and oxygen atoms in total. The zero-order valence-corrected chi connectivity index (χ0v) is 20.8. The van der Waals surface area contributed by atoms with E-state index in [1.807, 2.05) is 49.4 Å². The van der Waals surface area contributed by atoms with Crippen LogP contribution in [0, 0.1) is 18.3 Å². The number of nitrogens with one attached hydrogen (secondary N) is 3. The van der Waals surface area contributed by atoms with Crippen molar-refractivity contribution in [3.63, 3.8) is 0 Å². The van der Waals surface area contributed by atoms with Crippen LogP contribution in [0.15, 0.2) is 47.6 Å². The number of nitrogens with zero attached hydrogens (tertiary/aromatic N) is 2. The maximum absolute atomic E-state index is 12.1. The van der Waals surface area contributed by atoms with E-state index in [0.717, 1.165) is 61.3 Å². The summed E-state index contributed by atoms with van der Waals surface area (Å²) in [5, 5.41) is 11.2. The molecular weight excluding hydrogens is 458 g/mol. The van der Waals surface area contributed by atoms with E-state index in [0.29, 0.717) is 34.8 Å². The molecule has 182 valence electrons. The molecule has 1 amide bonds. The van der Waals surface area contributed by atoms with Crippen LogP contribution in [0.2, 0.25) is 0 Å². The van der Waals surface area contributed by atoms with Gasteiger partial charge in [0.2, 0.25) is 5.91 Å². The van der Waals surface area contributed by atoms with Crippen molar-refractivity contribution in [2.75, 3.05) is 36.1 Å². The van der Waals surface area contributed by atoms with Crippen molar-refractivity contribution in [3.05, 3.63) is 42.5 Å². The van der Waals surface area contributed by atoms with Crippen LogP contribution in [0.1, 0.15) is 32.6 Å². The Kier molecular flexibility index (Phi) is 8.82. The Morgan fingerprint density at radius 3 is 2.69 bits per heavy atom. The van der Waals surface area contributed by atoms with E-state index < -0.39 is 0 Å². The quantitative estimate of drug-likeness (QED) is 0.205. The first-order chi connectivity index (χ1) is 17.1. The number of hydrogen-bond acceptors (Lipinski definition) is 7. The number of piperidine rings is 1. The summed E-state index contributed by atoms with van der Waals surface area (Å²) < 4.78 is 6.01. The predicted octanol–water partition coefficient (Wildman–Crippen LogP) is 5.22. The molecule has 2 aromatic carbocycles. The number of hydrogen-bond donors (Lipinski definition) is 3. The Hall–Kier alpha value is -3.28. The minimum absolute atomic E-state index is 0.0106. The zero-order valence-electron chi connectivity index (χ0n) is 20.0. The van der Waals surface area contributed by atoms with E-state index in [-0.39, 0.29) is 5.91 Å². The van der Waals surface area contributed by atoms with Gasteiger partial charge in [0.25, 0.3) is 0 Å². The molecule has 1 saturated heterocycles. The third kappa shape index (κ3) is 7.10. The molecule has 0 atom stereocenters. The lowest BCUT2D eigenvalue weighted by Gasteiger charge is -2.22. The van der Waals surface area contributed by atoms with Crippen LogP contribution in [0.25, 0.3) is 10.9 Å². The largest absolute Gasteiger partial charge is 0.493 e. The average Bonchev–Trinajstić information content (AvgIpc) is 2.88. The highest BCUT2D eigenvalue weighted by molar-refractivity contribution is 7.99. The molecule has 0 spiro atoms. The number of rotatable bonds is 10. The molecule has 1 aromatic heterocycles. The van der Waals surface area contributed by atoms with Gasteiger partial charge in [0.05, 0.1) is 17.9 Å². The second-order valence-corrected chi connectivity index (χ2v) is 9.47. The number of ether oxygens (including phenoxy) is 1. The fourth-order valence-electron chi connectivity index (χ4n) is 3.94. The molecule has 4 rings (SSSR count). The van der Waals surface area contributed by atoms with Gasteiger partial charge in [0.1, 0.15) is 11.6 Å². The number of aromatic nitrogens is 2. The van der Waals surface area contributed by atoms with Gasteiger partial charge in [-0.3, -0.25) is 4.79 Å². The maximum atomic E-state index is 12.1. The van der Waals surface area contributed by atoms with E-state index in [9.17, 15) is 4.79 Å². The number of thioether (sulfide) groups is 1. The number of amides is 1. The first-order valence-corrected chi connectivity index (χ1v) is 13.0. The Morgan fingerprint density at radius 1 is 1.17 bits per heavy atom. The van der Waals surface area contributed by atoms with Crippen LogP contribution in [0.5, 0.6) is 5.75 Å². The van der Waals surface area contributed by atoms with Crippen LogP contribution < -0.4 is 20.7 Å². The summed E-state index contributed by atoms with van der Waals surface area (Å²) in [7, 11) is 0. The van der Waals surface area contributed by atoms with Crippen molar-refractivity contribution >= 4 is 45.8 Å². The van der Waals surface area contributed by atoms with Crippen molar-refractivity contribution in [2.45, 2.75) is 37.8 Å². The normalized spacial score (nSPS) is 13.8. The molecule has 2 heterocycles. The van der Waals surface area contributed by atoms with Crippen LogP contribution in [0.3, 0.4) is 0 Å². The fraction of sp³-hybridized carbons (Fsp3) is 0.370. The molecule has 0 unspecified atom stereocenters. The fourth-order valence-corrected chi connectivity index (χ4v) is 4.47. The standard InChI is InChI=1S/C27H31N5O2S/c1-3-5-25(33)29-21-8-11-24-23(17-21)26(32-27(31-24)35-16-4-2)30-20-6-9-22(10-7-20)34-18-19-12-14-28-15-13-19/h2,6-11,17,19,28H,3,5,12-16,18H2,1H3,(H,29,33)(H,30,31,32). The van der Waals surface area contributed by atoms with Crippen molar-refractivity contribution in [1.29, 1.82) is 0 Å². The molecule has 3 aromatic rings. The zero-order chi connectivity index (χ0) is 24.5. The Balaban J connectivity index is 1.53. The number of anilines is 3. The van der Waals surface area contributed by atoms with Crippen LogP contribution >= 0.6 is 11.8 Å². The monoisotopic (exact) mass is 489 g/mol. The van der Waals surface area contributed by atoms with Gasteiger partial charge >= 0.3 is 0 Å². The molecule has 1 fully saturated rings. The number of carbonyl (C=O) groups excluding carboxylic acids is 1. The summed E-state index contributed by atoms with van der Waals surface area (Å²) in [6.07, 6.45) is 9.01. The van der Waals surface area contributed by atoms with Crippen LogP contribution in [0.4, 0.5) is 17.2 Å². The summed E-state index contributed by atoms with van der Waals surface area (Å²) in [4.78, 5) is 21.4. The minimum Gasteiger partial charge on any atom is -0.493 e. The molecule has 0 aliphatic carbocycles. The summed E-state index contributed by atoms with van der Waals surface area (Å²) in [6, 6.07) is 13.5. The number of fused-ring (bicyclic) bond motifs is 1. The van der Waals surface area contributed by atoms with Gasteiger partial charge < -0.3 is 20.7 Å². The summed E-state index contributed by atoms with van der Waals surface area (Å²) in [5.41, 5.74) is 2.37. The van der Waals surface area contributed by atoms with Crippen molar-refractivity contribution in [3.8, 4) is 18.1 Å². The molecule has 0 radical (unpaired) electrons. The van der Waals surface area contributed by atoms with Gasteiger partial charge in [0, 0.05) is 23.2 Å². The van der Waals surface area contributed by atoms with Crippen LogP contribution in [-0.4, -0.2) is 41.3 Å². The molecular formula is C27H31N5O2S. The second kappa shape index (κ2) is 12.4. The maximum Gasteiger partial charge on any atom is 0.224 e. The predicted molar refractivity (Wildman–Crippen MR) is 143 cm³/mol. The smallest absolute Gasteiger partial charge is 0.224 e. The lowest BCUT2D eigenvalue weighted by atomic mass is 9.99. The van der Waals surface area contributed by atoms with Gasteiger partial charge in [0.15, 0.2) is 5.16 Å². The number of benzene rings is 2. The van der Waals surface area contributed by atoms with E-state index in [1.165, 1.54) is 11.8 Å². The van der Waals surface area contributed by atoms with Gasteiger partial charge in [-0.15, -0.1) is 6.42 Å². The van der Waals surface area contributed by atoms with Crippen molar-refractivity contribution in [2.24, 2.45) is 5.92 Å². The SMILES string of the molecule is C#CCSc1nc(Nc2ccc(OCC3CCNCC3)cc2)c2cc(NC(=O)CCC)ccc2n1. The van der Waals surface area contributed by atoms with E-state index >= 15 is 0 Å². The molecule has 8 heteroatoms.